The molecule has 1 aromatic rings. The monoisotopic (exact) mass is 210 g/mol. The van der Waals surface area contributed by atoms with Crippen LogP contribution in [0.25, 0.3) is 0 Å². The molecule has 0 fully saturated rings. The number of carbonyl (C=O) groups excluding carboxylic acids is 1. The third-order valence-electron chi connectivity index (χ3n) is 1.61. The van der Waals surface area contributed by atoms with Crippen molar-refractivity contribution in [3.63, 3.8) is 0 Å². The van der Waals surface area contributed by atoms with Gasteiger partial charge >= 0.3 is 5.97 Å². The Balaban J connectivity index is 2.48. The molecule has 1 aromatic carbocycles. The maximum Gasteiger partial charge on any atom is 0.338 e. The Hall–Kier alpha value is -1.28. The van der Waals surface area contributed by atoms with Crippen LogP contribution >= 0.6 is 11.6 Å². The lowest BCUT2D eigenvalue weighted by atomic mass is 10.2. The topological polar surface area (TPSA) is 26.3 Å². The van der Waals surface area contributed by atoms with Gasteiger partial charge in [0.05, 0.1) is 5.56 Å². The molecular formula is C11H11ClO2. The summed E-state index contributed by atoms with van der Waals surface area (Å²) in [6, 6.07) is 8.81. The van der Waals surface area contributed by atoms with Gasteiger partial charge in [0.15, 0.2) is 0 Å². The van der Waals surface area contributed by atoms with Crippen LogP contribution in [0.2, 0.25) is 0 Å². The first-order valence-corrected chi connectivity index (χ1v) is 4.72. The normalized spacial score (nSPS) is 9.50. The quantitative estimate of drug-likeness (QED) is 0.434. The van der Waals surface area contributed by atoms with Gasteiger partial charge in [-0.25, -0.2) is 4.79 Å². The number of halogens is 1. The van der Waals surface area contributed by atoms with E-state index in [-0.39, 0.29) is 12.6 Å². The van der Waals surface area contributed by atoms with Crippen LogP contribution < -0.4 is 0 Å². The van der Waals surface area contributed by atoms with Crippen molar-refractivity contribution in [2.75, 3.05) is 12.5 Å². The van der Waals surface area contributed by atoms with Gasteiger partial charge in [-0.2, -0.15) is 0 Å². The highest BCUT2D eigenvalue weighted by Crippen LogP contribution is 2.03. The van der Waals surface area contributed by atoms with Crippen LogP contribution in [0.15, 0.2) is 42.5 Å². The summed E-state index contributed by atoms with van der Waals surface area (Å²) < 4.78 is 4.96. The Kier molecular flexibility index (Phi) is 4.20. The van der Waals surface area contributed by atoms with E-state index in [4.69, 9.17) is 16.3 Å². The van der Waals surface area contributed by atoms with E-state index >= 15 is 0 Å². The predicted molar refractivity (Wildman–Crippen MR) is 56.6 cm³/mol. The van der Waals surface area contributed by atoms with E-state index in [1.807, 2.05) is 6.07 Å². The van der Waals surface area contributed by atoms with Gasteiger partial charge in [-0.3, -0.25) is 0 Å². The molecule has 74 valence electrons. The summed E-state index contributed by atoms with van der Waals surface area (Å²) in [5, 5.41) is 0. The minimum absolute atomic E-state index is 0.178. The van der Waals surface area contributed by atoms with Crippen molar-refractivity contribution in [2.24, 2.45) is 0 Å². The van der Waals surface area contributed by atoms with Gasteiger partial charge in [-0.15, -0.1) is 11.6 Å². The Morgan fingerprint density at radius 3 is 2.57 bits per heavy atom. The minimum Gasteiger partial charge on any atom is -0.458 e. The second-order valence-electron chi connectivity index (χ2n) is 2.83. The van der Waals surface area contributed by atoms with E-state index in [1.165, 1.54) is 0 Å². The van der Waals surface area contributed by atoms with Gasteiger partial charge in [0.1, 0.15) is 6.61 Å². The predicted octanol–water partition coefficient (Wildman–Crippen LogP) is 2.64. The molecule has 0 aliphatic carbocycles. The van der Waals surface area contributed by atoms with Gasteiger partial charge in [-0.05, 0) is 17.7 Å². The van der Waals surface area contributed by atoms with Crippen LogP contribution in [0, 0.1) is 0 Å². The minimum atomic E-state index is -0.350. The number of esters is 1. The average molecular weight is 211 g/mol. The lowest BCUT2D eigenvalue weighted by Gasteiger charge is -2.04. The summed E-state index contributed by atoms with van der Waals surface area (Å²) in [4.78, 5) is 11.4. The Morgan fingerprint density at radius 2 is 2.00 bits per heavy atom. The highest BCUT2D eigenvalue weighted by Gasteiger charge is 2.05. The maximum absolute atomic E-state index is 11.4. The molecule has 0 atom stereocenters. The fraction of sp³-hybridized carbons (Fsp3) is 0.182. The highest BCUT2D eigenvalue weighted by atomic mass is 35.5. The lowest BCUT2D eigenvalue weighted by molar-refractivity contribution is 0.0541. The lowest BCUT2D eigenvalue weighted by Crippen LogP contribution is -2.07. The van der Waals surface area contributed by atoms with Gasteiger partial charge in [0.2, 0.25) is 0 Å². The summed E-state index contributed by atoms with van der Waals surface area (Å²) in [5.74, 6) is -0.0425. The molecular weight excluding hydrogens is 200 g/mol. The summed E-state index contributed by atoms with van der Waals surface area (Å²) in [6.07, 6.45) is 0. The SMILES string of the molecule is C=C(CCl)COC(=O)c1ccccc1. The summed E-state index contributed by atoms with van der Waals surface area (Å²) >= 11 is 5.49. The first kappa shape index (κ1) is 10.8. The van der Waals surface area contributed by atoms with Gasteiger partial charge in [0.25, 0.3) is 0 Å². The van der Waals surface area contributed by atoms with E-state index in [0.29, 0.717) is 17.0 Å². The van der Waals surface area contributed by atoms with Gasteiger partial charge in [-0.1, -0.05) is 24.8 Å². The van der Waals surface area contributed by atoms with Crippen LogP contribution in [0.5, 0.6) is 0 Å². The molecule has 0 radical (unpaired) electrons. The molecule has 2 nitrogen and oxygen atoms in total. The van der Waals surface area contributed by atoms with Crippen LogP contribution in [0.3, 0.4) is 0 Å². The van der Waals surface area contributed by atoms with E-state index in [0.717, 1.165) is 0 Å². The second-order valence-corrected chi connectivity index (χ2v) is 3.09. The number of benzene rings is 1. The molecule has 14 heavy (non-hydrogen) atoms. The zero-order valence-electron chi connectivity index (χ0n) is 7.70. The number of rotatable bonds is 4. The van der Waals surface area contributed by atoms with Crippen molar-refractivity contribution in [1.82, 2.24) is 0 Å². The number of ether oxygens (including phenoxy) is 1. The molecule has 3 heteroatoms. The Labute approximate surface area is 88.1 Å². The standard InChI is InChI=1S/C11H11ClO2/c1-9(7-12)8-14-11(13)10-5-3-2-4-6-10/h2-6H,1,7-8H2. The van der Waals surface area contributed by atoms with Crippen LogP contribution in [-0.2, 0) is 4.74 Å². The van der Waals surface area contributed by atoms with Crippen molar-refractivity contribution in [1.29, 1.82) is 0 Å². The molecule has 0 saturated carbocycles. The van der Waals surface area contributed by atoms with Crippen molar-refractivity contribution in [3.8, 4) is 0 Å². The molecule has 0 saturated heterocycles. The van der Waals surface area contributed by atoms with Crippen molar-refractivity contribution >= 4 is 17.6 Å². The molecule has 0 aliphatic heterocycles. The molecule has 1 rings (SSSR count). The molecule has 0 aromatic heterocycles. The molecule has 0 heterocycles. The highest BCUT2D eigenvalue weighted by molar-refractivity contribution is 6.19. The molecule has 0 aliphatic rings. The van der Waals surface area contributed by atoms with Crippen LogP contribution in [0.4, 0.5) is 0 Å². The van der Waals surface area contributed by atoms with Crippen molar-refractivity contribution < 1.29 is 9.53 Å². The van der Waals surface area contributed by atoms with E-state index < -0.39 is 0 Å². The molecule has 0 N–H and O–H groups in total. The smallest absolute Gasteiger partial charge is 0.338 e. The first-order chi connectivity index (χ1) is 6.74. The number of hydrogen-bond donors (Lipinski definition) is 0. The maximum atomic E-state index is 11.4. The first-order valence-electron chi connectivity index (χ1n) is 4.19. The Bertz CT molecular complexity index is 319. The Morgan fingerprint density at radius 1 is 1.36 bits per heavy atom. The molecule has 0 bridgehead atoms. The van der Waals surface area contributed by atoms with Gasteiger partial charge < -0.3 is 4.74 Å². The molecule has 0 amide bonds. The summed E-state index contributed by atoms with van der Waals surface area (Å²) in [7, 11) is 0. The summed E-state index contributed by atoms with van der Waals surface area (Å²) in [5.41, 5.74) is 1.23. The van der Waals surface area contributed by atoms with E-state index in [2.05, 4.69) is 6.58 Å². The molecule has 0 spiro atoms. The molecule has 0 unspecified atom stereocenters. The average Bonchev–Trinajstić information content (AvgIpc) is 2.26. The van der Waals surface area contributed by atoms with Crippen LogP contribution in [0.1, 0.15) is 10.4 Å². The van der Waals surface area contributed by atoms with Crippen LogP contribution in [-0.4, -0.2) is 18.5 Å². The number of alkyl halides is 1. The zero-order valence-corrected chi connectivity index (χ0v) is 8.46. The second kappa shape index (κ2) is 5.45. The number of carbonyl (C=O) groups is 1. The van der Waals surface area contributed by atoms with Crippen molar-refractivity contribution in [2.45, 2.75) is 0 Å². The zero-order chi connectivity index (χ0) is 10.4. The van der Waals surface area contributed by atoms with Crippen molar-refractivity contribution in [3.05, 3.63) is 48.0 Å². The summed E-state index contributed by atoms with van der Waals surface area (Å²) in [6.45, 7) is 3.81. The van der Waals surface area contributed by atoms with E-state index in [1.54, 1.807) is 24.3 Å². The third kappa shape index (κ3) is 3.23. The van der Waals surface area contributed by atoms with E-state index in [9.17, 15) is 4.79 Å². The van der Waals surface area contributed by atoms with Gasteiger partial charge in [0, 0.05) is 5.88 Å². The third-order valence-corrected chi connectivity index (χ3v) is 1.98. The fourth-order valence-corrected chi connectivity index (χ4v) is 0.941. The number of hydrogen-bond acceptors (Lipinski definition) is 2. The fourth-order valence-electron chi connectivity index (χ4n) is 0.864. The largest absolute Gasteiger partial charge is 0.458 e.